The minimum Gasteiger partial charge on any atom is -0.508 e. The number of nitriles is 1. The SMILES string of the molecule is N#Cc1cc(O)ccc1[B-](F)(F)F.[K+]. The number of benzene rings is 1. The zero-order valence-corrected chi connectivity index (χ0v) is 10.5. The fraction of sp³-hybridized carbons (Fsp3) is 0. The Balaban J connectivity index is 0.00000169. The number of halogens is 3. The number of nitrogens with zero attached hydrogens (tertiary/aromatic N) is 1. The van der Waals surface area contributed by atoms with Crippen LogP contribution in [0.2, 0.25) is 0 Å². The number of rotatable bonds is 1. The summed E-state index contributed by atoms with van der Waals surface area (Å²) >= 11 is 0. The molecule has 1 aromatic rings. The van der Waals surface area contributed by atoms with Gasteiger partial charge in [0.1, 0.15) is 5.75 Å². The zero-order valence-electron chi connectivity index (χ0n) is 7.34. The molecule has 1 rings (SSSR count). The van der Waals surface area contributed by atoms with Crippen LogP contribution in [0, 0.1) is 11.3 Å². The Morgan fingerprint density at radius 1 is 1.29 bits per heavy atom. The first kappa shape index (κ1) is 14.0. The van der Waals surface area contributed by atoms with Gasteiger partial charge < -0.3 is 18.1 Å². The van der Waals surface area contributed by atoms with Gasteiger partial charge in [-0.1, -0.05) is 11.5 Å². The van der Waals surface area contributed by atoms with Crippen molar-refractivity contribution in [2.75, 3.05) is 0 Å². The molecule has 1 aromatic carbocycles. The first-order chi connectivity index (χ1) is 5.95. The van der Waals surface area contributed by atoms with Crippen molar-refractivity contribution in [2.45, 2.75) is 0 Å². The molecule has 68 valence electrons. The Hall–Kier alpha value is 0.00130. The summed E-state index contributed by atoms with van der Waals surface area (Å²) in [6.07, 6.45) is 0. The molecule has 0 aliphatic heterocycles. The van der Waals surface area contributed by atoms with E-state index < -0.39 is 18.0 Å². The van der Waals surface area contributed by atoms with Crippen LogP contribution in [0.5, 0.6) is 5.75 Å². The molecule has 0 fully saturated rings. The standard InChI is InChI=1S/C7H4BF3NO.K/c9-8(10,11)7-2-1-6(13)3-5(7)4-12;/h1-3,13H;/q-1;+1. The minimum atomic E-state index is -5.19. The molecule has 0 saturated heterocycles. The molecule has 0 bridgehead atoms. The Morgan fingerprint density at radius 2 is 1.86 bits per heavy atom. The Kier molecular flexibility index (Phi) is 5.19. The third kappa shape index (κ3) is 3.29. The third-order valence-corrected chi connectivity index (χ3v) is 1.51. The van der Waals surface area contributed by atoms with Crippen molar-refractivity contribution >= 4 is 12.4 Å². The third-order valence-electron chi connectivity index (χ3n) is 1.51. The van der Waals surface area contributed by atoms with Crippen molar-refractivity contribution < 1.29 is 69.4 Å². The summed E-state index contributed by atoms with van der Waals surface area (Å²) in [5.74, 6) is -0.347. The molecule has 0 heterocycles. The van der Waals surface area contributed by atoms with E-state index in [0.717, 1.165) is 12.1 Å². The van der Waals surface area contributed by atoms with Crippen molar-refractivity contribution in [3.05, 3.63) is 23.8 Å². The Bertz CT molecular complexity index is 374. The fourth-order valence-corrected chi connectivity index (χ4v) is 0.927. The minimum absolute atomic E-state index is 0. The topological polar surface area (TPSA) is 44.0 Å². The maximum Gasteiger partial charge on any atom is 1.00 e. The molecule has 0 atom stereocenters. The van der Waals surface area contributed by atoms with E-state index in [9.17, 15) is 12.9 Å². The molecule has 0 aliphatic carbocycles. The normalized spacial score (nSPS) is 10.1. The average molecular weight is 225 g/mol. The zero-order chi connectivity index (χ0) is 10.1. The van der Waals surface area contributed by atoms with Crippen LogP contribution < -0.4 is 56.8 Å². The van der Waals surface area contributed by atoms with E-state index in [1.807, 2.05) is 0 Å². The molecule has 0 unspecified atom stereocenters. The van der Waals surface area contributed by atoms with Gasteiger partial charge in [0, 0.05) is 5.56 Å². The van der Waals surface area contributed by atoms with Gasteiger partial charge in [-0.15, -0.1) is 0 Å². The smallest absolute Gasteiger partial charge is 0.508 e. The summed E-state index contributed by atoms with van der Waals surface area (Å²) in [7, 11) is 0. The van der Waals surface area contributed by atoms with Crippen LogP contribution in [0.3, 0.4) is 0 Å². The van der Waals surface area contributed by atoms with Crippen LogP contribution >= 0.6 is 0 Å². The Labute approximate surface area is 121 Å². The van der Waals surface area contributed by atoms with E-state index in [1.54, 1.807) is 0 Å². The van der Waals surface area contributed by atoms with Crippen LogP contribution in [0.1, 0.15) is 5.56 Å². The molecular weight excluding hydrogens is 221 g/mol. The summed E-state index contributed by atoms with van der Waals surface area (Å²) in [4.78, 5) is 0. The van der Waals surface area contributed by atoms with E-state index in [1.165, 1.54) is 6.07 Å². The van der Waals surface area contributed by atoms with Crippen LogP contribution in [0.4, 0.5) is 12.9 Å². The van der Waals surface area contributed by atoms with Crippen molar-refractivity contribution in [1.29, 1.82) is 5.26 Å². The molecule has 0 spiro atoms. The molecule has 0 amide bonds. The van der Waals surface area contributed by atoms with Gasteiger partial charge >= 0.3 is 58.4 Å². The second-order valence-corrected chi connectivity index (χ2v) is 2.46. The predicted molar refractivity (Wildman–Crippen MR) is 41.5 cm³/mol. The van der Waals surface area contributed by atoms with Crippen LogP contribution in [0.25, 0.3) is 0 Å². The van der Waals surface area contributed by atoms with Crippen molar-refractivity contribution in [3.63, 3.8) is 0 Å². The first-order valence-corrected chi connectivity index (χ1v) is 3.38. The maximum atomic E-state index is 12.2. The summed E-state index contributed by atoms with van der Waals surface area (Å²) in [5.41, 5.74) is -1.52. The van der Waals surface area contributed by atoms with Gasteiger partial charge in [-0.3, -0.25) is 0 Å². The number of hydrogen-bond acceptors (Lipinski definition) is 2. The van der Waals surface area contributed by atoms with E-state index in [0.29, 0.717) is 6.07 Å². The average Bonchev–Trinajstić information content (AvgIpc) is 2.01. The van der Waals surface area contributed by atoms with E-state index in [4.69, 9.17) is 10.4 Å². The number of phenolic OH excluding ortho intramolecular Hbond substituents is 1. The maximum absolute atomic E-state index is 12.2. The van der Waals surface area contributed by atoms with Crippen LogP contribution in [-0.2, 0) is 0 Å². The van der Waals surface area contributed by atoms with Gasteiger partial charge in [0.2, 0.25) is 0 Å². The van der Waals surface area contributed by atoms with Gasteiger partial charge in [-0.05, 0) is 12.1 Å². The number of aromatic hydroxyl groups is 1. The first-order valence-electron chi connectivity index (χ1n) is 3.38. The van der Waals surface area contributed by atoms with Crippen LogP contribution in [-0.4, -0.2) is 12.1 Å². The summed E-state index contributed by atoms with van der Waals surface area (Å²) in [6, 6.07) is 3.79. The molecule has 14 heavy (non-hydrogen) atoms. The van der Waals surface area contributed by atoms with E-state index in [-0.39, 0.29) is 57.1 Å². The van der Waals surface area contributed by atoms with Crippen LogP contribution in [0.15, 0.2) is 18.2 Å². The van der Waals surface area contributed by atoms with Crippen molar-refractivity contribution in [3.8, 4) is 11.8 Å². The van der Waals surface area contributed by atoms with Gasteiger partial charge in [-0.2, -0.15) is 5.26 Å². The van der Waals surface area contributed by atoms with Gasteiger partial charge in [-0.25, -0.2) is 0 Å². The molecule has 0 radical (unpaired) electrons. The monoisotopic (exact) mass is 225 g/mol. The molecule has 0 saturated carbocycles. The van der Waals surface area contributed by atoms with E-state index in [2.05, 4.69) is 0 Å². The van der Waals surface area contributed by atoms with Gasteiger partial charge in [0.25, 0.3) is 0 Å². The predicted octanol–water partition coefficient (Wildman–Crippen LogP) is -1.68. The summed E-state index contributed by atoms with van der Waals surface area (Å²) in [5, 5.41) is 17.2. The molecule has 0 aliphatic rings. The number of hydrogen-bond donors (Lipinski definition) is 1. The van der Waals surface area contributed by atoms with Crippen molar-refractivity contribution in [1.82, 2.24) is 0 Å². The molecular formula is C7H4BF3KNO. The molecule has 0 aromatic heterocycles. The quantitative estimate of drug-likeness (QED) is 0.580. The second kappa shape index (κ2) is 5.19. The van der Waals surface area contributed by atoms with Crippen molar-refractivity contribution in [2.24, 2.45) is 0 Å². The molecule has 2 nitrogen and oxygen atoms in total. The van der Waals surface area contributed by atoms with E-state index >= 15 is 0 Å². The summed E-state index contributed by atoms with van der Waals surface area (Å²) in [6.45, 7) is -5.19. The summed E-state index contributed by atoms with van der Waals surface area (Å²) < 4.78 is 36.6. The molecule has 7 heteroatoms. The fourth-order valence-electron chi connectivity index (χ4n) is 0.927. The second-order valence-electron chi connectivity index (χ2n) is 2.46. The van der Waals surface area contributed by atoms with Gasteiger partial charge in [0.15, 0.2) is 0 Å². The largest absolute Gasteiger partial charge is 1.00 e. The van der Waals surface area contributed by atoms with Gasteiger partial charge in [0.05, 0.1) is 6.07 Å². The Morgan fingerprint density at radius 3 is 2.29 bits per heavy atom. The number of phenols is 1. The molecule has 1 N–H and O–H groups in total.